The molecular formula is C14H12BrClN2O4S. The highest BCUT2D eigenvalue weighted by Gasteiger charge is 2.08. The zero-order valence-corrected chi connectivity index (χ0v) is 14.9. The maximum Gasteiger partial charge on any atom is 0.328 e. The van der Waals surface area contributed by atoms with Crippen molar-refractivity contribution in [3.8, 4) is 0 Å². The van der Waals surface area contributed by atoms with Gasteiger partial charge in [-0.05, 0) is 40.2 Å². The van der Waals surface area contributed by atoms with Crippen molar-refractivity contribution in [3.63, 3.8) is 0 Å². The van der Waals surface area contributed by atoms with Gasteiger partial charge in [0.25, 0.3) is 5.56 Å². The van der Waals surface area contributed by atoms with E-state index in [9.17, 15) is 14.4 Å². The summed E-state index contributed by atoms with van der Waals surface area (Å²) in [6.07, 6.45) is 1.25. The number of ether oxygens (including phenoxy) is 1. The van der Waals surface area contributed by atoms with Gasteiger partial charge < -0.3 is 4.74 Å². The van der Waals surface area contributed by atoms with E-state index in [2.05, 4.69) is 20.9 Å². The van der Waals surface area contributed by atoms with Crippen molar-refractivity contribution in [2.24, 2.45) is 0 Å². The highest BCUT2D eigenvalue weighted by atomic mass is 79.9. The van der Waals surface area contributed by atoms with Crippen LogP contribution >= 0.6 is 39.3 Å². The fourth-order valence-electron chi connectivity index (χ4n) is 1.63. The second-order valence-electron chi connectivity index (χ2n) is 4.39. The average molecular weight is 420 g/mol. The minimum atomic E-state index is -0.661. The first-order valence-corrected chi connectivity index (χ1v) is 8.64. The quantitative estimate of drug-likeness (QED) is 0.441. The van der Waals surface area contributed by atoms with E-state index < -0.39 is 17.2 Å². The van der Waals surface area contributed by atoms with Gasteiger partial charge in [-0.25, -0.2) is 4.79 Å². The topological polar surface area (TPSA) is 81.2 Å². The molecule has 0 aliphatic heterocycles. The molecule has 0 atom stereocenters. The molecule has 2 rings (SSSR count). The highest BCUT2D eigenvalue weighted by Crippen LogP contribution is 2.19. The summed E-state index contributed by atoms with van der Waals surface area (Å²) < 4.78 is 6.30. The molecule has 1 aromatic heterocycles. The van der Waals surface area contributed by atoms with Crippen molar-refractivity contribution in [3.05, 3.63) is 60.8 Å². The number of carbonyl (C=O) groups is 1. The largest absolute Gasteiger partial charge is 0.463 e. The molecule has 122 valence electrons. The van der Waals surface area contributed by atoms with Crippen molar-refractivity contribution in [1.29, 1.82) is 0 Å². The van der Waals surface area contributed by atoms with Crippen LogP contribution in [0.15, 0.2) is 49.4 Å². The van der Waals surface area contributed by atoms with Gasteiger partial charge in [-0.2, -0.15) is 0 Å². The minimum absolute atomic E-state index is 0.170. The Balaban J connectivity index is 1.79. The molecule has 23 heavy (non-hydrogen) atoms. The molecule has 0 radical (unpaired) electrons. The van der Waals surface area contributed by atoms with Crippen LogP contribution < -0.4 is 11.2 Å². The second kappa shape index (κ2) is 8.37. The number of carbonyl (C=O) groups excluding carboxylic acids is 1. The lowest BCUT2D eigenvalue weighted by Crippen LogP contribution is -2.32. The lowest BCUT2D eigenvalue weighted by atomic mass is 10.4. The summed E-state index contributed by atoms with van der Waals surface area (Å²) in [5, 5.41) is 0.665. The molecule has 0 saturated heterocycles. The molecule has 1 heterocycles. The number of hydrogen-bond acceptors (Lipinski definition) is 5. The molecule has 2 aromatic rings. The summed E-state index contributed by atoms with van der Waals surface area (Å²) in [5.74, 6) is 0.0279. The van der Waals surface area contributed by atoms with Crippen LogP contribution in [0.3, 0.4) is 0 Å². The molecule has 0 saturated carbocycles. The van der Waals surface area contributed by atoms with E-state index in [1.807, 2.05) is 12.1 Å². The van der Waals surface area contributed by atoms with E-state index in [0.717, 1.165) is 9.46 Å². The van der Waals surface area contributed by atoms with Gasteiger partial charge in [-0.3, -0.25) is 19.1 Å². The summed E-state index contributed by atoms with van der Waals surface area (Å²) in [6.45, 7) is -0.0504. The number of nitrogens with zero attached hydrogens (tertiary/aromatic N) is 1. The van der Waals surface area contributed by atoms with Crippen LogP contribution in [0, 0.1) is 0 Å². The zero-order chi connectivity index (χ0) is 16.8. The Morgan fingerprint density at radius 2 is 2.00 bits per heavy atom. The summed E-state index contributed by atoms with van der Waals surface area (Å²) in [6, 6.07) is 7.34. The number of H-pyrrole nitrogens is 1. The number of aromatic nitrogens is 2. The average Bonchev–Trinajstić information content (AvgIpc) is 2.51. The van der Waals surface area contributed by atoms with Gasteiger partial charge in [0.1, 0.15) is 13.2 Å². The molecule has 0 unspecified atom stereocenters. The van der Waals surface area contributed by atoms with Crippen LogP contribution in [0.4, 0.5) is 0 Å². The third-order valence-electron chi connectivity index (χ3n) is 2.70. The van der Waals surface area contributed by atoms with E-state index in [4.69, 9.17) is 16.3 Å². The Kier molecular flexibility index (Phi) is 6.49. The number of esters is 1. The molecular weight excluding hydrogens is 408 g/mol. The van der Waals surface area contributed by atoms with Gasteiger partial charge in [0.15, 0.2) is 0 Å². The van der Waals surface area contributed by atoms with E-state index in [1.54, 1.807) is 12.1 Å². The van der Waals surface area contributed by atoms with E-state index >= 15 is 0 Å². The number of hydrogen-bond donors (Lipinski definition) is 1. The second-order valence-corrected chi connectivity index (χ2v) is 6.85. The molecule has 6 nitrogen and oxygen atoms in total. The number of rotatable bonds is 6. The third-order valence-corrected chi connectivity index (χ3v) is 4.49. The van der Waals surface area contributed by atoms with Gasteiger partial charge in [0.05, 0.1) is 4.47 Å². The van der Waals surface area contributed by atoms with Crippen molar-refractivity contribution in [2.75, 3.05) is 12.4 Å². The fraction of sp³-hybridized carbons (Fsp3) is 0.214. The van der Waals surface area contributed by atoms with Crippen LogP contribution in [0.2, 0.25) is 5.02 Å². The molecule has 0 fully saturated rings. The first kappa shape index (κ1) is 17.8. The molecule has 9 heteroatoms. The molecule has 0 spiro atoms. The van der Waals surface area contributed by atoms with Crippen LogP contribution in [-0.2, 0) is 16.1 Å². The van der Waals surface area contributed by atoms with E-state index in [1.165, 1.54) is 18.0 Å². The third kappa shape index (κ3) is 5.56. The first-order chi connectivity index (χ1) is 11.0. The smallest absolute Gasteiger partial charge is 0.328 e. The van der Waals surface area contributed by atoms with Crippen LogP contribution in [0.25, 0.3) is 0 Å². The molecule has 0 amide bonds. The predicted molar refractivity (Wildman–Crippen MR) is 92.2 cm³/mol. The molecule has 0 bridgehead atoms. The monoisotopic (exact) mass is 418 g/mol. The standard InChI is InChI=1S/C14H12BrClN2O4S/c15-11-7-18(14(21)17-13(11)20)8-12(19)22-5-6-23-10-3-1-9(16)2-4-10/h1-4,7H,5-6,8H2,(H,17,20,21). The summed E-state index contributed by atoms with van der Waals surface area (Å²) >= 11 is 10.3. The highest BCUT2D eigenvalue weighted by molar-refractivity contribution is 9.10. The van der Waals surface area contributed by atoms with Crippen molar-refractivity contribution in [1.82, 2.24) is 9.55 Å². The molecule has 1 N–H and O–H groups in total. The van der Waals surface area contributed by atoms with Gasteiger partial charge in [-0.1, -0.05) is 11.6 Å². The Hall–Kier alpha value is -1.51. The van der Waals surface area contributed by atoms with E-state index in [-0.39, 0.29) is 17.6 Å². The SMILES string of the molecule is O=C(Cn1cc(Br)c(=O)[nH]c1=O)OCCSc1ccc(Cl)cc1. The lowest BCUT2D eigenvalue weighted by Gasteiger charge is -2.07. The van der Waals surface area contributed by atoms with Gasteiger partial charge >= 0.3 is 11.7 Å². The number of halogens is 2. The van der Waals surface area contributed by atoms with Gasteiger partial charge in [-0.15, -0.1) is 11.8 Å². The normalized spacial score (nSPS) is 10.5. The Labute approximate surface area is 148 Å². The fourth-order valence-corrected chi connectivity index (χ4v) is 2.83. The summed E-state index contributed by atoms with van der Waals surface area (Å²) in [7, 11) is 0. The number of nitrogens with one attached hydrogen (secondary N) is 1. The van der Waals surface area contributed by atoms with Crippen LogP contribution in [-0.4, -0.2) is 27.9 Å². The minimum Gasteiger partial charge on any atom is -0.463 e. The van der Waals surface area contributed by atoms with E-state index in [0.29, 0.717) is 10.8 Å². The number of benzene rings is 1. The molecule has 1 aromatic carbocycles. The Morgan fingerprint density at radius 1 is 1.30 bits per heavy atom. The summed E-state index contributed by atoms with van der Waals surface area (Å²) in [4.78, 5) is 37.5. The van der Waals surface area contributed by atoms with Gasteiger partial charge in [0.2, 0.25) is 0 Å². The Bertz CT molecular complexity index is 804. The molecule has 0 aliphatic rings. The zero-order valence-electron chi connectivity index (χ0n) is 11.8. The van der Waals surface area contributed by atoms with Crippen molar-refractivity contribution >= 4 is 45.3 Å². The molecule has 0 aliphatic carbocycles. The first-order valence-electron chi connectivity index (χ1n) is 6.49. The van der Waals surface area contributed by atoms with Gasteiger partial charge in [0, 0.05) is 21.9 Å². The predicted octanol–water partition coefficient (Wildman–Crippen LogP) is 2.29. The van der Waals surface area contributed by atoms with Crippen molar-refractivity contribution < 1.29 is 9.53 Å². The van der Waals surface area contributed by atoms with Crippen LogP contribution in [0.1, 0.15) is 0 Å². The van der Waals surface area contributed by atoms with Crippen molar-refractivity contribution in [2.45, 2.75) is 11.4 Å². The van der Waals surface area contributed by atoms with Crippen LogP contribution in [0.5, 0.6) is 0 Å². The maximum atomic E-state index is 11.7. The summed E-state index contributed by atoms with van der Waals surface area (Å²) in [5.41, 5.74) is -1.20. The Morgan fingerprint density at radius 3 is 2.70 bits per heavy atom. The maximum absolute atomic E-state index is 11.7. The number of thioether (sulfide) groups is 1. The lowest BCUT2D eigenvalue weighted by molar-refractivity contribution is -0.143. The number of aromatic amines is 1.